The van der Waals surface area contributed by atoms with Gasteiger partial charge in [0.15, 0.2) is 5.78 Å². The fourth-order valence-corrected chi connectivity index (χ4v) is 5.29. The van der Waals surface area contributed by atoms with E-state index in [0.717, 1.165) is 11.1 Å². The second kappa shape index (κ2) is 14.3. The fourth-order valence-electron chi connectivity index (χ4n) is 3.65. The second-order valence-corrected chi connectivity index (χ2v) is 11.3. The highest BCUT2D eigenvalue weighted by Crippen LogP contribution is 2.20. The van der Waals surface area contributed by atoms with Crippen LogP contribution in [0.25, 0.3) is 6.08 Å². The number of ether oxygens (including phenoxy) is 1. The number of benzene rings is 3. The maximum atomic E-state index is 13.4. The highest BCUT2D eigenvalue weighted by atomic mass is 35.5. The average molecular weight is 575 g/mol. The van der Waals surface area contributed by atoms with Gasteiger partial charge in [-0.2, -0.15) is 4.31 Å². The minimum atomic E-state index is -3.79. The van der Waals surface area contributed by atoms with Gasteiger partial charge >= 0.3 is 5.97 Å². The zero-order valence-electron chi connectivity index (χ0n) is 21.0. The number of nitrogens with zero attached hydrogens (tertiary/aromatic N) is 1. The Hall–Kier alpha value is -2.97. The van der Waals surface area contributed by atoms with Gasteiger partial charge in [0, 0.05) is 35.1 Å². The minimum Gasteiger partial charge on any atom is -0.466 e. The van der Waals surface area contributed by atoms with Crippen LogP contribution in [0.5, 0.6) is 0 Å². The molecule has 200 valence electrons. The van der Waals surface area contributed by atoms with Crippen molar-refractivity contribution in [3.05, 3.63) is 106 Å². The van der Waals surface area contributed by atoms with Gasteiger partial charge in [-0.3, -0.25) is 9.59 Å². The van der Waals surface area contributed by atoms with Crippen molar-refractivity contribution < 1.29 is 22.7 Å². The van der Waals surface area contributed by atoms with E-state index < -0.39 is 16.0 Å². The number of ketones is 1. The lowest BCUT2D eigenvalue weighted by Crippen LogP contribution is -2.33. The third-order valence-corrected chi connectivity index (χ3v) is 8.11. The largest absolute Gasteiger partial charge is 0.466 e. The third-order valence-electron chi connectivity index (χ3n) is 5.73. The van der Waals surface area contributed by atoms with E-state index in [1.807, 2.05) is 18.2 Å². The Morgan fingerprint density at radius 1 is 0.868 bits per heavy atom. The van der Waals surface area contributed by atoms with Crippen molar-refractivity contribution in [3.8, 4) is 0 Å². The molecule has 9 heteroatoms. The number of hydrogen-bond donors (Lipinski definition) is 0. The topological polar surface area (TPSA) is 80.8 Å². The highest BCUT2D eigenvalue weighted by molar-refractivity contribution is 7.89. The van der Waals surface area contributed by atoms with Crippen LogP contribution in [-0.2, 0) is 26.0 Å². The van der Waals surface area contributed by atoms with E-state index >= 15 is 0 Å². The molecule has 38 heavy (non-hydrogen) atoms. The molecule has 0 aromatic heterocycles. The minimum absolute atomic E-state index is 0.0372. The molecule has 6 nitrogen and oxygen atoms in total. The summed E-state index contributed by atoms with van der Waals surface area (Å²) in [7, 11) is -3.79. The van der Waals surface area contributed by atoms with Crippen molar-refractivity contribution >= 4 is 51.1 Å². The van der Waals surface area contributed by atoms with E-state index in [9.17, 15) is 18.0 Å². The van der Waals surface area contributed by atoms with Crippen LogP contribution in [0.3, 0.4) is 0 Å². The lowest BCUT2D eigenvalue weighted by Gasteiger charge is -2.21. The normalized spacial score (nSPS) is 11.7. The third kappa shape index (κ3) is 8.81. The Labute approximate surface area is 233 Å². The van der Waals surface area contributed by atoms with E-state index in [1.54, 1.807) is 61.5 Å². The van der Waals surface area contributed by atoms with Gasteiger partial charge in [0.25, 0.3) is 0 Å². The van der Waals surface area contributed by atoms with E-state index in [4.69, 9.17) is 27.9 Å². The first kappa shape index (κ1) is 29.6. The number of carbonyl (C=O) groups is 2. The molecule has 0 amide bonds. The summed E-state index contributed by atoms with van der Waals surface area (Å²) in [6.45, 7) is 2.39. The van der Waals surface area contributed by atoms with Gasteiger partial charge in [-0.25, -0.2) is 8.42 Å². The van der Waals surface area contributed by atoms with Gasteiger partial charge in [-0.15, -0.1) is 0 Å². The van der Waals surface area contributed by atoms with E-state index in [2.05, 4.69) is 0 Å². The highest BCUT2D eigenvalue weighted by Gasteiger charge is 2.23. The lowest BCUT2D eigenvalue weighted by molar-refractivity contribution is -0.143. The molecular formula is C29H29Cl2NO5S. The number of carbonyl (C=O) groups excluding carboxylic acids is 2. The molecule has 0 radical (unpaired) electrons. The van der Waals surface area contributed by atoms with Crippen LogP contribution < -0.4 is 0 Å². The summed E-state index contributed by atoms with van der Waals surface area (Å²) in [6.07, 6.45) is 4.19. The number of halogens is 2. The zero-order chi connectivity index (χ0) is 27.5. The second-order valence-electron chi connectivity index (χ2n) is 8.45. The lowest BCUT2D eigenvalue weighted by atomic mass is 10.0. The van der Waals surface area contributed by atoms with Crippen molar-refractivity contribution in [2.75, 3.05) is 19.7 Å². The monoisotopic (exact) mass is 573 g/mol. The van der Waals surface area contributed by atoms with Gasteiger partial charge < -0.3 is 4.74 Å². The van der Waals surface area contributed by atoms with Gasteiger partial charge in [0.2, 0.25) is 10.0 Å². The Kier molecular flexibility index (Phi) is 11.1. The van der Waals surface area contributed by atoms with Crippen LogP contribution in [0.4, 0.5) is 0 Å². The average Bonchev–Trinajstić information content (AvgIpc) is 2.91. The predicted molar refractivity (Wildman–Crippen MR) is 151 cm³/mol. The summed E-state index contributed by atoms with van der Waals surface area (Å²) in [4.78, 5) is 24.0. The summed E-state index contributed by atoms with van der Waals surface area (Å²) in [5.41, 5.74) is 2.28. The number of Topliss-reactive ketones (excluding diaryl/α,β-unsaturated/α-hetero) is 1. The molecule has 0 spiro atoms. The SMILES string of the molecule is CCOC(=O)CCC(=O)c1ccc(CCN(CC=Cc2ccc(Cl)cc2)S(=O)(=O)c2ccc(Cl)cc2)cc1. The Morgan fingerprint density at radius 2 is 1.47 bits per heavy atom. The smallest absolute Gasteiger partial charge is 0.306 e. The summed E-state index contributed by atoms with van der Waals surface area (Å²) < 4.78 is 33.1. The van der Waals surface area contributed by atoms with Gasteiger partial charge in [0.05, 0.1) is 17.9 Å². The molecule has 0 bridgehead atoms. The van der Waals surface area contributed by atoms with Gasteiger partial charge in [-0.1, -0.05) is 71.8 Å². The Balaban J connectivity index is 1.70. The van der Waals surface area contributed by atoms with Crippen molar-refractivity contribution in [3.63, 3.8) is 0 Å². The van der Waals surface area contributed by atoms with Crippen LogP contribution in [0, 0.1) is 0 Å². The molecule has 0 unspecified atom stereocenters. The molecule has 0 saturated heterocycles. The molecule has 0 atom stereocenters. The van der Waals surface area contributed by atoms with Gasteiger partial charge in [-0.05, 0) is 60.9 Å². The maximum absolute atomic E-state index is 13.4. The molecular weight excluding hydrogens is 545 g/mol. The molecule has 0 aliphatic rings. The van der Waals surface area contributed by atoms with Crippen LogP contribution in [0.2, 0.25) is 10.0 Å². The van der Waals surface area contributed by atoms with Crippen molar-refractivity contribution in [1.29, 1.82) is 0 Å². The molecule has 3 aromatic rings. The van der Waals surface area contributed by atoms with Crippen LogP contribution in [0.1, 0.15) is 41.3 Å². The van der Waals surface area contributed by atoms with Crippen LogP contribution in [-0.4, -0.2) is 44.2 Å². The molecule has 0 heterocycles. The summed E-state index contributed by atoms with van der Waals surface area (Å²) in [5, 5.41) is 1.08. The molecule has 3 rings (SSSR count). The van der Waals surface area contributed by atoms with E-state index in [-0.39, 0.29) is 43.2 Å². The number of esters is 1. The van der Waals surface area contributed by atoms with Gasteiger partial charge in [0.1, 0.15) is 0 Å². The first-order chi connectivity index (χ1) is 18.2. The van der Waals surface area contributed by atoms with Crippen molar-refractivity contribution in [2.24, 2.45) is 0 Å². The molecule has 3 aromatic carbocycles. The van der Waals surface area contributed by atoms with E-state index in [1.165, 1.54) is 16.4 Å². The standard InChI is InChI=1S/C29H29Cl2NO5S/c1-2-37-29(34)18-17-28(33)24-9-5-23(6-10-24)19-21-32(20-3-4-22-7-11-25(30)12-8-22)38(35,36)27-15-13-26(31)14-16-27/h3-16H,2,17-21H2,1H3. The molecule has 0 aliphatic carbocycles. The first-order valence-corrected chi connectivity index (χ1v) is 14.3. The zero-order valence-corrected chi connectivity index (χ0v) is 23.3. The quantitative estimate of drug-likeness (QED) is 0.173. The summed E-state index contributed by atoms with van der Waals surface area (Å²) in [5.74, 6) is -0.548. The predicted octanol–water partition coefficient (Wildman–Crippen LogP) is 6.47. The Bertz CT molecular complexity index is 1350. The molecule has 0 fully saturated rings. The van der Waals surface area contributed by atoms with Crippen molar-refractivity contribution in [2.45, 2.75) is 31.1 Å². The van der Waals surface area contributed by atoms with E-state index in [0.29, 0.717) is 22.0 Å². The molecule has 0 N–H and O–H groups in total. The number of hydrogen-bond acceptors (Lipinski definition) is 5. The number of sulfonamides is 1. The molecule has 0 aliphatic heterocycles. The summed E-state index contributed by atoms with van der Waals surface area (Å²) >= 11 is 11.9. The van der Waals surface area contributed by atoms with Crippen molar-refractivity contribution in [1.82, 2.24) is 4.31 Å². The van der Waals surface area contributed by atoms with Crippen LogP contribution in [0.15, 0.2) is 83.8 Å². The fraction of sp³-hybridized carbons (Fsp3) is 0.241. The maximum Gasteiger partial charge on any atom is 0.306 e. The number of rotatable bonds is 13. The summed E-state index contributed by atoms with van der Waals surface area (Å²) in [6, 6.07) is 20.3. The Morgan fingerprint density at radius 3 is 2.08 bits per heavy atom. The molecule has 0 saturated carbocycles. The van der Waals surface area contributed by atoms with Crippen LogP contribution >= 0.6 is 23.2 Å². The first-order valence-electron chi connectivity index (χ1n) is 12.1.